The summed E-state index contributed by atoms with van der Waals surface area (Å²) >= 11 is 0. The normalized spacial score (nSPS) is 10.8. The molecule has 0 saturated carbocycles. The second-order valence-corrected chi connectivity index (χ2v) is 3.21. The molecule has 0 aliphatic rings. The van der Waals surface area contributed by atoms with Crippen molar-refractivity contribution in [2.45, 2.75) is 20.8 Å². The number of anilines is 1. The fourth-order valence-corrected chi connectivity index (χ4v) is 1.41. The van der Waals surface area contributed by atoms with Crippen LogP contribution in [0.2, 0.25) is 0 Å². The monoisotopic (exact) mass is 191 g/mol. The molecule has 0 amide bonds. The molecule has 0 aromatic heterocycles. The predicted molar refractivity (Wildman–Crippen MR) is 60.7 cm³/mol. The fourth-order valence-electron chi connectivity index (χ4n) is 1.41. The third kappa shape index (κ3) is 2.08. The van der Waals surface area contributed by atoms with Gasteiger partial charge in [-0.05, 0) is 38.6 Å². The van der Waals surface area contributed by atoms with Crippen LogP contribution in [-0.2, 0) is 0 Å². The van der Waals surface area contributed by atoms with Gasteiger partial charge in [-0.25, -0.2) is 0 Å². The van der Waals surface area contributed by atoms with Gasteiger partial charge in [0, 0.05) is 6.54 Å². The number of hydrogen-bond acceptors (Lipinski definition) is 2. The minimum Gasteiger partial charge on any atom is -0.505 e. The van der Waals surface area contributed by atoms with Gasteiger partial charge < -0.3 is 10.0 Å². The first-order valence-corrected chi connectivity index (χ1v) is 4.88. The minimum atomic E-state index is 0.368. The van der Waals surface area contributed by atoms with Gasteiger partial charge >= 0.3 is 0 Å². The number of phenolic OH excluding ortho intramolecular Hbond substituents is 1. The van der Waals surface area contributed by atoms with Crippen molar-refractivity contribution in [1.82, 2.24) is 0 Å². The van der Waals surface area contributed by atoms with E-state index in [1.165, 1.54) is 0 Å². The van der Waals surface area contributed by atoms with E-state index in [1.54, 1.807) is 0 Å². The Kier molecular flexibility index (Phi) is 3.57. The molecule has 1 aromatic rings. The molecule has 0 heterocycles. The van der Waals surface area contributed by atoms with Crippen molar-refractivity contribution in [3.05, 3.63) is 36.0 Å². The highest BCUT2D eigenvalue weighted by Crippen LogP contribution is 2.30. The lowest BCUT2D eigenvalue weighted by Gasteiger charge is -2.20. The van der Waals surface area contributed by atoms with Gasteiger partial charge in [0.2, 0.25) is 0 Å². The van der Waals surface area contributed by atoms with Gasteiger partial charge in [-0.15, -0.1) is 0 Å². The van der Waals surface area contributed by atoms with E-state index in [4.69, 9.17) is 0 Å². The zero-order valence-corrected chi connectivity index (χ0v) is 8.99. The smallest absolute Gasteiger partial charge is 0.142 e. The molecular weight excluding hydrogens is 174 g/mol. The van der Waals surface area contributed by atoms with Gasteiger partial charge in [0.15, 0.2) is 0 Å². The Bertz CT molecular complexity index is 331. The largest absolute Gasteiger partial charge is 0.505 e. The van der Waals surface area contributed by atoms with Crippen molar-refractivity contribution in [3.63, 3.8) is 0 Å². The quantitative estimate of drug-likeness (QED) is 0.793. The number of rotatable bonds is 3. The summed E-state index contributed by atoms with van der Waals surface area (Å²) < 4.78 is 0. The first kappa shape index (κ1) is 10.6. The summed E-state index contributed by atoms with van der Waals surface area (Å²) in [7, 11) is 0. The van der Waals surface area contributed by atoms with Crippen LogP contribution in [0.3, 0.4) is 0 Å². The number of aryl methyl sites for hydroxylation is 1. The fraction of sp³-hybridized carbons (Fsp3) is 0.333. The van der Waals surface area contributed by atoms with Crippen LogP contribution in [0.5, 0.6) is 5.75 Å². The molecular formula is C12H17NO. The SMILES string of the molecule is CC=CN(CC)c1cccc(C)c1O. The number of nitrogens with zero attached hydrogens (tertiary/aromatic N) is 1. The summed E-state index contributed by atoms with van der Waals surface area (Å²) in [5.41, 5.74) is 1.77. The number of hydrogen-bond donors (Lipinski definition) is 1. The molecule has 0 aliphatic carbocycles. The molecule has 1 aromatic carbocycles. The number of para-hydroxylation sites is 1. The molecule has 1 N–H and O–H groups in total. The van der Waals surface area contributed by atoms with E-state index in [-0.39, 0.29) is 0 Å². The molecule has 14 heavy (non-hydrogen) atoms. The standard InChI is InChI=1S/C12H17NO/c1-4-9-13(5-2)11-8-6-7-10(3)12(11)14/h4,6-9,14H,5H2,1-3H3. The Morgan fingerprint density at radius 3 is 2.71 bits per heavy atom. The number of phenols is 1. The summed E-state index contributed by atoms with van der Waals surface area (Å²) in [4.78, 5) is 2.02. The Balaban J connectivity index is 3.10. The molecule has 0 bridgehead atoms. The maximum atomic E-state index is 9.85. The van der Waals surface area contributed by atoms with Crippen molar-refractivity contribution in [2.24, 2.45) is 0 Å². The maximum absolute atomic E-state index is 9.85. The molecule has 0 atom stereocenters. The number of allylic oxidation sites excluding steroid dienone is 1. The van der Waals surface area contributed by atoms with Gasteiger partial charge in [0.25, 0.3) is 0 Å². The zero-order chi connectivity index (χ0) is 10.6. The van der Waals surface area contributed by atoms with Gasteiger partial charge in [-0.2, -0.15) is 0 Å². The second kappa shape index (κ2) is 4.70. The summed E-state index contributed by atoms with van der Waals surface area (Å²) in [5, 5.41) is 9.85. The highest BCUT2D eigenvalue weighted by molar-refractivity contribution is 5.62. The molecule has 0 fully saturated rings. The topological polar surface area (TPSA) is 23.5 Å². The van der Waals surface area contributed by atoms with Crippen molar-refractivity contribution in [3.8, 4) is 5.75 Å². The highest BCUT2D eigenvalue weighted by Gasteiger charge is 2.07. The van der Waals surface area contributed by atoms with Crippen molar-refractivity contribution < 1.29 is 5.11 Å². The van der Waals surface area contributed by atoms with E-state index >= 15 is 0 Å². The van der Waals surface area contributed by atoms with E-state index in [2.05, 4.69) is 6.92 Å². The third-order valence-electron chi connectivity index (χ3n) is 2.20. The number of benzene rings is 1. The zero-order valence-electron chi connectivity index (χ0n) is 8.99. The maximum Gasteiger partial charge on any atom is 0.142 e. The van der Waals surface area contributed by atoms with Crippen molar-refractivity contribution in [1.29, 1.82) is 0 Å². The Labute approximate surface area is 85.5 Å². The van der Waals surface area contributed by atoms with Crippen LogP contribution >= 0.6 is 0 Å². The molecule has 0 aliphatic heterocycles. The lowest BCUT2D eigenvalue weighted by molar-refractivity contribution is 0.471. The number of aromatic hydroxyl groups is 1. The Morgan fingerprint density at radius 1 is 1.43 bits per heavy atom. The van der Waals surface area contributed by atoms with Crippen LogP contribution in [-0.4, -0.2) is 11.7 Å². The predicted octanol–water partition coefficient (Wildman–Crippen LogP) is 3.06. The first-order valence-electron chi connectivity index (χ1n) is 4.88. The van der Waals surface area contributed by atoms with Crippen LogP contribution in [0.25, 0.3) is 0 Å². The lowest BCUT2D eigenvalue weighted by atomic mass is 10.2. The lowest BCUT2D eigenvalue weighted by Crippen LogP contribution is -2.14. The highest BCUT2D eigenvalue weighted by atomic mass is 16.3. The average Bonchev–Trinajstić information content (AvgIpc) is 2.19. The van der Waals surface area contributed by atoms with E-state index in [0.29, 0.717) is 5.75 Å². The molecule has 2 heteroatoms. The molecule has 1 rings (SSSR count). The summed E-state index contributed by atoms with van der Waals surface area (Å²) in [6, 6.07) is 5.78. The molecule has 0 unspecified atom stereocenters. The third-order valence-corrected chi connectivity index (χ3v) is 2.20. The average molecular weight is 191 g/mol. The van der Waals surface area contributed by atoms with Crippen LogP contribution in [0.15, 0.2) is 30.5 Å². The summed E-state index contributed by atoms with van der Waals surface area (Å²) in [6.07, 6.45) is 3.93. The van der Waals surface area contributed by atoms with E-state index in [1.807, 2.05) is 49.2 Å². The van der Waals surface area contributed by atoms with Crippen LogP contribution in [0.1, 0.15) is 19.4 Å². The molecule has 2 nitrogen and oxygen atoms in total. The van der Waals surface area contributed by atoms with Crippen LogP contribution in [0, 0.1) is 6.92 Å². The molecule has 0 spiro atoms. The van der Waals surface area contributed by atoms with Crippen molar-refractivity contribution in [2.75, 3.05) is 11.4 Å². The second-order valence-electron chi connectivity index (χ2n) is 3.21. The summed E-state index contributed by atoms with van der Waals surface area (Å²) in [5.74, 6) is 0.368. The summed E-state index contributed by atoms with van der Waals surface area (Å²) in [6.45, 7) is 6.78. The van der Waals surface area contributed by atoms with Gasteiger partial charge in [0.1, 0.15) is 5.75 Å². The molecule has 76 valence electrons. The van der Waals surface area contributed by atoms with Crippen LogP contribution < -0.4 is 4.90 Å². The van der Waals surface area contributed by atoms with E-state index in [0.717, 1.165) is 17.8 Å². The van der Waals surface area contributed by atoms with Crippen molar-refractivity contribution >= 4 is 5.69 Å². The Hall–Kier alpha value is -1.44. The minimum absolute atomic E-state index is 0.368. The Morgan fingerprint density at radius 2 is 2.14 bits per heavy atom. The van der Waals surface area contributed by atoms with E-state index in [9.17, 15) is 5.11 Å². The van der Waals surface area contributed by atoms with Crippen LogP contribution in [0.4, 0.5) is 5.69 Å². The van der Waals surface area contributed by atoms with Gasteiger partial charge in [-0.1, -0.05) is 18.2 Å². The van der Waals surface area contributed by atoms with Gasteiger partial charge in [-0.3, -0.25) is 0 Å². The first-order chi connectivity index (χ1) is 6.70. The van der Waals surface area contributed by atoms with Gasteiger partial charge in [0.05, 0.1) is 5.69 Å². The molecule has 0 radical (unpaired) electrons. The molecule has 0 saturated heterocycles. The van der Waals surface area contributed by atoms with E-state index < -0.39 is 0 Å².